The summed E-state index contributed by atoms with van der Waals surface area (Å²) in [7, 11) is 2.00. The highest BCUT2D eigenvalue weighted by molar-refractivity contribution is 4.99. The second kappa shape index (κ2) is 5.00. The van der Waals surface area contributed by atoms with Crippen LogP contribution in [0.2, 0.25) is 0 Å². The molecular weight excluding hydrogens is 198 g/mol. The zero-order chi connectivity index (χ0) is 11.4. The molecule has 1 saturated carbocycles. The smallest absolute Gasteiger partial charge is 0.0518 e. The molecule has 1 aliphatic carbocycles. The first kappa shape index (κ1) is 11.6. The number of hydrogen-bond acceptors (Lipinski definition) is 2. The molecule has 0 spiro atoms. The summed E-state index contributed by atoms with van der Waals surface area (Å²) in [5, 5.41) is 7.78. The Bertz CT molecular complexity index is 324. The lowest BCUT2D eigenvalue weighted by molar-refractivity contribution is 0.267. The van der Waals surface area contributed by atoms with E-state index >= 15 is 0 Å². The van der Waals surface area contributed by atoms with Crippen LogP contribution < -0.4 is 5.32 Å². The number of nitrogens with zero attached hydrogens (tertiary/aromatic N) is 2. The Morgan fingerprint density at radius 1 is 1.44 bits per heavy atom. The minimum absolute atomic E-state index is 0.582. The van der Waals surface area contributed by atoms with E-state index in [1.165, 1.54) is 37.8 Å². The molecule has 3 heteroatoms. The van der Waals surface area contributed by atoms with E-state index in [1.54, 1.807) is 0 Å². The summed E-state index contributed by atoms with van der Waals surface area (Å²) >= 11 is 0. The fraction of sp³-hybridized carbons (Fsp3) is 0.769. The fourth-order valence-electron chi connectivity index (χ4n) is 2.81. The van der Waals surface area contributed by atoms with Crippen molar-refractivity contribution in [2.45, 2.75) is 45.6 Å². The molecule has 0 bridgehead atoms. The highest BCUT2D eigenvalue weighted by Gasteiger charge is 2.31. The molecule has 0 aromatic carbocycles. The molecular formula is C13H23N3. The molecule has 1 fully saturated rings. The van der Waals surface area contributed by atoms with E-state index in [0.717, 1.165) is 13.1 Å². The summed E-state index contributed by atoms with van der Waals surface area (Å²) in [4.78, 5) is 0. The van der Waals surface area contributed by atoms with Gasteiger partial charge in [0.2, 0.25) is 0 Å². The topological polar surface area (TPSA) is 29.9 Å². The van der Waals surface area contributed by atoms with Crippen molar-refractivity contribution < 1.29 is 0 Å². The number of rotatable bonds is 5. The molecule has 1 aromatic heterocycles. The molecule has 0 radical (unpaired) electrons. The molecule has 0 aliphatic heterocycles. The van der Waals surface area contributed by atoms with Crippen LogP contribution in [0.1, 0.15) is 44.7 Å². The molecule has 1 aromatic rings. The van der Waals surface area contributed by atoms with Gasteiger partial charge in [0, 0.05) is 26.3 Å². The Balaban J connectivity index is 1.81. The summed E-state index contributed by atoms with van der Waals surface area (Å²) in [6.45, 7) is 4.43. The number of aromatic nitrogens is 2. The lowest BCUT2D eigenvalue weighted by atomic mass is 9.83. The highest BCUT2D eigenvalue weighted by Crippen LogP contribution is 2.40. The van der Waals surface area contributed by atoms with Gasteiger partial charge in [0.05, 0.1) is 5.69 Å². The number of aryl methyl sites for hydroxylation is 1. The van der Waals surface area contributed by atoms with Crippen molar-refractivity contribution in [3.63, 3.8) is 0 Å². The van der Waals surface area contributed by atoms with Crippen LogP contribution in [0.3, 0.4) is 0 Å². The predicted octanol–water partition coefficient (Wildman–Crippen LogP) is 2.48. The van der Waals surface area contributed by atoms with Crippen LogP contribution in [0.5, 0.6) is 0 Å². The van der Waals surface area contributed by atoms with Crippen LogP contribution in [-0.4, -0.2) is 16.3 Å². The molecule has 0 amide bonds. The zero-order valence-corrected chi connectivity index (χ0v) is 10.5. The summed E-state index contributed by atoms with van der Waals surface area (Å²) in [6.07, 6.45) is 8.82. The van der Waals surface area contributed by atoms with Crippen molar-refractivity contribution in [3.8, 4) is 0 Å². The molecule has 90 valence electrons. The number of hydrogen-bond donors (Lipinski definition) is 1. The van der Waals surface area contributed by atoms with Gasteiger partial charge in [-0.15, -0.1) is 0 Å². The van der Waals surface area contributed by atoms with Gasteiger partial charge in [-0.3, -0.25) is 4.68 Å². The van der Waals surface area contributed by atoms with Crippen LogP contribution in [0, 0.1) is 5.41 Å². The summed E-state index contributed by atoms with van der Waals surface area (Å²) in [6, 6.07) is 2.08. The normalized spacial score (nSPS) is 19.1. The molecule has 1 N–H and O–H groups in total. The Morgan fingerprint density at radius 2 is 2.19 bits per heavy atom. The second-order valence-electron chi connectivity index (χ2n) is 5.11. The van der Waals surface area contributed by atoms with E-state index in [1.807, 2.05) is 17.9 Å². The summed E-state index contributed by atoms with van der Waals surface area (Å²) in [5.41, 5.74) is 1.85. The highest BCUT2D eigenvalue weighted by atomic mass is 15.3. The molecule has 16 heavy (non-hydrogen) atoms. The monoisotopic (exact) mass is 221 g/mol. The van der Waals surface area contributed by atoms with Crippen LogP contribution >= 0.6 is 0 Å². The average molecular weight is 221 g/mol. The van der Waals surface area contributed by atoms with Gasteiger partial charge in [-0.25, -0.2) is 0 Å². The average Bonchev–Trinajstić information content (AvgIpc) is 2.90. The van der Waals surface area contributed by atoms with Crippen molar-refractivity contribution in [1.82, 2.24) is 15.1 Å². The van der Waals surface area contributed by atoms with Crippen LogP contribution in [0.4, 0.5) is 0 Å². The molecule has 0 atom stereocenters. The van der Waals surface area contributed by atoms with Gasteiger partial charge in [-0.2, -0.15) is 5.10 Å². The van der Waals surface area contributed by atoms with Gasteiger partial charge in [-0.05, 0) is 30.7 Å². The SMILES string of the molecule is CCC1(CNCc2ccnn2C)CCCC1. The van der Waals surface area contributed by atoms with E-state index in [4.69, 9.17) is 0 Å². The molecule has 2 rings (SSSR count). The maximum absolute atomic E-state index is 4.18. The van der Waals surface area contributed by atoms with Gasteiger partial charge in [0.1, 0.15) is 0 Å². The molecule has 3 nitrogen and oxygen atoms in total. The third-order valence-corrected chi connectivity index (χ3v) is 4.14. The van der Waals surface area contributed by atoms with Gasteiger partial charge >= 0.3 is 0 Å². The largest absolute Gasteiger partial charge is 0.311 e. The second-order valence-corrected chi connectivity index (χ2v) is 5.11. The first-order valence-corrected chi connectivity index (χ1v) is 6.43. The van der Waals surface area contributed by atoms with Crippen LogP contribution in [0.25, 0.3) is 0 Å². The van der Waals surface area contributed by atoms with Crippen LogP contribution in [-0.2, 0) is 13.6 Å². The van der Waals surface area contributed by atoms with Crippen molar-refractivity contribution >= 4 is 0 Å². The van der Waals surface area contributed by atoms with E-state index < -0.39 is 0 Å². The zero-order valence-electron chi connectivity index (χ0n) is 10.5. The first-order valence-electron chi connectivity index (χ1n) is 6.43. The van der Waals surface area contributed by atoms with Crippen molar-refractivity contribution in [3.05, 3.63) is 18.0 Å². The van der Waals surface area contributed by atoms with E-state index in [2.05, 4.69) is 23.4 Å². The maximum atomic E-state index is 4.18. The molecule has 1 heterocycles. The minimum atomic E-state index is 0.582. The summed E-state index contributed by atoms with van der Waals surface area (Å²) < 4.78 is 1.94. The van der Waals surface area contributed by atoms with Crippen molar-refractivity contribution in [1.29, 1.82) is 0 Å². The van der Waals surface area contributed by atoms with Gasteiger partial charge in [0.15, 0.2) is 0 Å². The lowest BCUT2D eigenvalue weighted by Gasteiger charge is -2.27. The summed E-state index contributed by atoms with van der Waals surface area (Å²) in [5.74, 6) is 0. The van der Waals surface area contributed by atoms with Gasteiger partial charge < -0.3 is 5.32 Å². The first-order chi connectivity index (χ1) is 7.76. The Kier molecular flexibility index (Phi) is 3.64. The van der Waals surface area contributed by atoms with E-state index in [-0.39, 0.29) is 0 Å². The van der Waals surface area contributed by atoms with Gasteiger partial charge in [-0.1, -0.05) is 19.8 Å². The maximum Gasteiger partial charge on any atom is 0.0518 e. The van der Waals surface area contributed by atoms with E-state index in [0.29, 0.717) is 5.41 Å². The Morgan fingerprint density at radius 3 is 2.75 bits per heavy atom. The Hall–Kier alpha value is -0.830. The predicted molar refractivity (Wildman–Crippen MR) is 66.1 cm³/mol. The Labute approximate surface area is 98.2 Å². The molecule has 0 unspecified atom stereocenters. The lowest BCUT2D eigenvalue weighted by Crippen LogP contribution is -2.31. The fourth-order valence-corrected chi connectivity index (χ4v) is 2.81. The third kappa shape index (κ3) is 2.46. The number of nitrogens with one attached hydrogen (secondary N) is 1. The minimum Gasteiger partial charge on any atom is -0.311 e. The van der Waals surface area contributed by atoms with Crippen molar-refractivity contribution in [2.24, 2.45) is 12.5 Å². The van der Waals surface area contributed by atoms with E-state index in [9.17, 15) is 0 Å². The van der Waals surface area contributed by atoms with Crippen LogP contribution in [0.15, 0.2) is 12.3 Å². The third-order valence-electron chi connectivity index (χ3n) is 4.14. The quantitative estimate of drug-likeness (QED) is 0.828. The van der Waals surface area contributed by atoms with Gasteiger partial charge in [0.25, 0.3) is 0 Å². The standard InChI is InChI=1S/C13H23N3/c1-3-13(7-4-5-8-13)11-14-10-12-6-9-15-16(12)2/h6,9,14H,3-5,7-8,10-11H2,1-2H3. The molecule has 0 saturated heterocycles. The van der Waals surface area contributed by atoms with Crippen molar-refractivity contribution in [2.75, 3.05) is 6.54 Å². The molecule has 1 aliphatic rings.